The second kappa shape index (κ2) is 7.28. The van der Waals surface area contributed by atoms with Crippen LogP contribution < -0.4 is 21.3 Å². The minimum atomic E-state index is -3.82. The predicted molar refractivity (Wildman–Crippen MR) is 109 cm³/mol. The van der Waals surface area contributed by atoms with Gasteiger partial charge < -0.3 is 10.3 Å². The topological polar surface area (TPSA) is 124 Å². The molecule has 1 aliphatic heterocycles. The average molecular weight is 465 g/mol. The molecule has 2 aromatic carbocycles. The lowest BCUT2D eigenvalue weighted by Gasteiger charge is -2.13. The van der Waals surface area contributed by atoms with Gasteiger partial charge in [-0.2, -0.15) is 0 Å². The number of hydrogen-bond acceptors (Lipinski definition) is 5. The van der Waals surface area contributed by atoms with Gasteiger partial charge in [0.15, 0.2) is 0 Å². The molecule has 1 aromatic heterocycles. The molecule has 2 heterocycles. The van der Waals surface area contributed by atoms with Gasteiger partial charge in [0, 0.05) is 23.1 Å². The van der Waals surface area contributed by atoms with E-state index in [1.54, 1.807) is 0 Å². The Bertz CT molecular complexity index is 1250. The number of H-pyrrole nitrogens is 2. The first-order valence-electron chi connectivity index (χ1n) is 8.59. The first-order chi connectivity index (χ1) is 13.3. The van der Waals surface area contributed by atoms with E-state index in [-0.39, 0.29) is 27.9 Å². The van der Waals surface area contributed by atoms with Crippen molar-refractivity contribution >= 4 is 36.9 Å². The van der Waals surface area contributed by atoms with E-state index in [2.05, 4.69) is 35.9 Å². The second-order valence-corrected chi connectivity index (χ2v) is 9.31. The Morgan fingerprint density at radius 3 is 2.54 bits per heavy atom. The van der Waals surface area contributed by atoms with E-state index in [4.69, 9.17) is 0 Å². The second-order valence-electron chi connectivity index (χ2n) is 6.68. The molecule has 4 rings (SSSR count). The van der Waals surface area contributed by atoms with Crippen LogP contribution in [0.2, 0.25) is 0 Å². The molecule has 4 N–H and O–H groups in total. The summed E-state index contributed by atoms with van der Waals surface area (Å²) in [6, 6.07) is 11.7. The molecule has 1 fully saturated rings. The zero-order valence-electron chi connectivity index (χ0n) is 14.5. The summed E-state index contributed by atoms with van der Waals surface area (Å²) in [4.78, 5) is 27.8. The number of rotatable bonds is 4. The van der Waals surface area contributed by atoms with Gasteiger partial charge in [0.05, 0.1) is 15.8 Å². The van der Waals surface area contributed by atoms with E-state index in [0.29, 0.717) is 13.0 Å². The number of nitrogens with one attached hydrogen (secondary N) is 4. The predicted octanol–water partition coefficient (Wildman–Crippen LogP) is 1.36. The summed E-state index contributed by atoms with van der Waals surface area (Å²) < 4.78 is 29.2. The molecule has 0 aliphatic carbocycles. The van der Waals surface area contributed by atoms with E-state index in [1.807, 2.05) is 24.3 Å². The van der Waals surface area contributed by atoms with Crippen molar-refractivity contribution < 1.29 is 8.42 Å². The number of aromatic amines is 2. The zero-order valence-corrected chi connectivity index (χ0v) is 16.9. The number of fused-ring (bicyclic) bond motifs is 1. The highest BCUT2D eigenvalue weighted by Crippen LogP contribution is 2.26. The Hall–Kier alpha value is -2.27. The fraction of sp³-hybridized carbons (Fsp3) is 0.222. The van der Waals surface area contributed by atoms with Crippen molar-refractivity contribution in [3.05, 3.63) is 73.3 Å². The van der Waals surface area contributed by atoms with E-state index in [0.717, 1.165) is 10.0 Å². The SMILES string of the molecule is O=c1[nH]c(=O)c2cc(S(=O)(=O)NC3CNC(c4ccc(Br)cc4)C3)ccc2[nH]1. The smallest absolute Gasteiger partial charge is 0.308 e. The van der Waals surface area contributed by atoms with Crippen LogP contribution in [-0.4, -0.2) is 31.0 Å². The fourth-order valence-corrected chi connectivity index (χ4v) is 4.91. The molecule has 0 saturated carbocycles. The van der Waals surface area contributed by atoms with Gasteiger partial charge in [-0.1, -0.05) is 28.1 Å². The first kappa shape index (κ1) is 19.1. The minimum absolute atomic E-state index is 0.0235. The third kappa shape index (κ3) is 3.81. The summed E-state index contributed by atoms with van der Waals surface area (Å²) in [7, 11) is -3.82. The molecule has 2 atom stereocenters. The van der Waals surface area contributed by atoms with E-state index in [9.17, 15) is 18.0 Å². The number of aromatic nitrogens is 2. The average Bonchev–Trinajstić information content (AvgIpc) is 3.09. The molecule has 28 heavy (non-hydrogen) atoms. The third-order valence-electron chi connectivity index (χ3n) is 4.75. The molecule has 2 unspecified atom stereocenters. The molecular formula is C18H17BrN4O4S. The van der Waals surface area contributed by atoms with Crippen LogP contribution >= 0.6 is 15.9 Å². The molecule has 0 bridgehead atoms. The maximum absolute atomic E-state index is 12.8. The highest BCUT2D eigenvalue weighted by Gasteiger charge is 2.29. The molecule has 3 aromatic rings. The number of benzene rings is 2. The standard InChI is InChI=1S/C18H17BrN4O4S/c19-11-3-1-10(2-4-11)16-7-12(9-20-16)23-28(26,27)13-5-6-15-14(8-13)17(24)22-18(25)21-15/h1-6,8,12,16,20,23H,7,9H2,(H2,21,22,24,25). The summed E-state index contributed by atoms with van der Waals surface area (Å²) in [5, 5.41) is 3.44. The summed E-state index contributed by atoms with van der Waals surface area (Å²) in [6.45, 7) is 0.501. The van der Waals surface area contributed by atoms with E-state index < -0.39 is 21.3 Å². The lowest BCUT2D eigenvalue weighted by Crippen LogP contribution is -2.36. The first-order valence-corrected chi connectivity index (χ1v) is 10.9. The van der Waals surface area contributed by atoms with Crippen LogP contribution in [0, 0.1) is 0 Å². The molecule has 0 spiro atoms. The van der Waals surface area contributed by atoms with E-state index in [1.165, 1.54) is 18.2 Å². The quantitative estimate of drug-likeness (QED) is 0.463. The van der Waals surface area contributed by atoms with Crippen LogP contribution in [0.4, 0.5) is 0 Å². The Kier molecular flexibility index (Phi) is 4.96. The van der Waals surface area contributed by atoms with Gasteiger partial charge in [0.25, 0.3) is 5.56 Å². The van der Waals surface area contributed by atoms with Gasteiger partial charge in [0.2, 0.25) is 10.0 Å². The maximum Gasteiger partial charge on any atom is 0.326 e. The molecule has 1 saturated heterocycles. The van der Waals surface area contributed by atoms with Crippen molar-refractivity contribution in [2.75, 3.05) is 6.54 Å². The van der Waals surface area contributed by atoms with Crippen molar-refractivity contribution in [3.8, 4) is 0 Å². The molecule has 1 aliphatic rings. The highest BCUT2D eigenvalue weighted by atomic mass is 79.9. The van der Waals surface area contributed by atoms with E-state index >= 15 is 0 Å². The van der Waals surface area contributed by atoms with Crippen molar-refractivity contribution in [1.82, 2.24) is 20.0 Å². The molecule has 10 heteroatoms. The van der Waals surface area contributed by atoms with Crippen LogP contribution in [0.3, 0.4) is 0 Å². The van der Waals surface area contributed by atoms with Crippen LogP contribution in [0.15, 0.2) is 61.4 Å². The normalized spacial score (nSPS) is 19.9. The van der Waals surface area contributed by atoms with Crippen LogP contribution in [0.1, 0.15) is 18.0 Å². The van der Waals surface area contributed by atoms with Gasteiger partial charge in [-0.3, -0.25) is 9.78 Å². The molecular weight excluding hydrogens is 448 g/mol. The Morgan fingerprint density at radius 1 is 1.04 bits per heavy atom. The Labute approximate surface area is 168 Å². The molecule has 0 amide bonds. The van der Waals surface area contributed by atoms with Crippen molar-refractivity contribution in [1.29, 1.82) is 0 Å². The van der Waals surface area contributed by atoms with Crippen LogP contribution in [0.5, 0.6) is 0 Å². The van der Waals surface area contributed by atoms with Gasteiger partial charge in [0.1, 0.15) is 0 Å². The zero-order chi connectivity index (χ0) is 19.9. The number of sulfonamides is 1. The third-order valence-corrected chi connectivity index (χ3v) is 6.79. The van der Waals surface area contributed by atoms with Crippen molar-refractivity contribution in [2.24, 2.45) is 0 Å². The van der Waals surface area contributed by atoms with Crippen molar-refractivity contribution in [2.45, 2.75) is 23.4 Å². The monoisotopic (exact) mass is 464 g/mol. The summed E-state index contributed by atoms with van der Waals surface area (Å²) >= 11 is 3.40. The Balaban J connectivity index is 1.55. The number of halogens is 1. The molecule has 8 nitrogen and oxygen atoms in total. The lowest BCUT2D eigenvalue weighted by atomic mass is 10.0. The fourth-order valence-electron chi connectivity index (χ4n) is 3.37. The lowest BCUT2D eigenvalue weighted by molar-refractivity contribution is 0.556. The van der Waals surface area contributed by atoms with Crippen LogP contribution in [-0.2, 0) is 10.0 Å². The minimum Gasteiger partial charge on any atom is -0.308 e. The van der Waals surface area contributed by atoms with Gasteiger partial charge in [-0.05, 0) is 42.3 Å². The maximum atomic E-state index is 12.8. The Morgan fingerprint density at radius 2 is 1.79 bits per heavy atom. The highest BCUT2D eigenvalue weighted by molar-refractivity contribution is 9.10. The number of hydrogen-bond donors (Lipinski definition) is 4. The van der Waals surface area contributed by atoms with Crippen molar-refractivity contribution in [3.63, 3.8) is 0 Å². The largest absolute Gasteiger partial charge is 0.326 e. The molecule has 146 valence electrons. The van der Waals surface area contributed by atoms with Gasteiger partial charge in [-0.25, -0.2) is 17.9 Å². The summed E-state index contributed by atoms with van der Waals surface area (Å²) in [6.07, 6.45) is 0.613. The summed E-state index contributed by atoms with van der Waals surface area (Å²) in [5.74, 6) is 0. The molecule has 0 radical (unpaired) electrons. The van der Waals surface area contributed by atoms with Gasteiger partial charge in [-0.15, -0.1) is 0 Å². The van der Waals surface area contributed by atoms with Crippen LogP contribution in [0.25, 0.3) is 10.9 Å². The summed E-state index contributed by atoms with van der Waals surface area (Å²) in [5.41, 5.74) is 0.104. The van der Waals surface area contributed by atoms with Gasteiger partial charge >= 0.3 is 5.69 Å².